The van der Waals surface area contributed by atoms with Crippen LogP contribution in [-0.4, -0.2) is 41.5 Å². The van der Waals surface area contributed by atoms with Crippen LogP contribution in [0.1, 0.15) is 4.88 Å². The van der Waals surface area contributed by atoms with Crippen LogP contribution < -0.4 is 0 Å². The predicted octanol–water partition coefficient (Wildman–Crippen LogP) is 1.33. The fraction of sp³-hybridized carbons (Fsp3) is 0.200. The number of aliphatic carboxylic acids is 1. The van der Waals surface area contributed by atoms with Crippen molar-refractivity contribution < 1.29 is 9.90 Å². The molecule has 104 valence electrons. The SMILES string of the molecule is Cc1sccc1-c1nncs1.O=C(O)Cn1cnnn1. The maximum Gasteiger partial charge on any atom is 0.325 e. The third kappa shape index (κ3) is 3.90. The van der Waals surface area contributed by atoms with Gasteiger partial charge in [0.25, 0.3) is 0 Å². The molecule has 3 aromatic heterocycles. The molecule has 8 nitrogen and oxygen atoms in total. The summed E-state index contributed by atoms with van der Waals surface area (Å²) in [6.45, 7) is 1.91. The number of hydrogen-bond acceptors (Lipinski definition) is 8. The zero-order chi connectivity index (χ0) is 14.4. The molecule has 0 aromatic carbocycles. The van der Waals surface area contributed by atoms with Crippen LogP contribution in [0.5, 0.6) is 0 Å². The molecule has 0 fully saturated rings. The van der Waals surface area contributed by atoms with E-state index in [9.17, 15) is 4.79 Å². The average Bonchev–Trinajstić information content (AvgIpc) is 3.09. The first-order chi connectivity index (χ1) is 9.66. The highest BCUT2D eigenvalue weighted by Gasteiger charge is 2.04. The van der Waals surface area contributed by atoms with Gasteiger partial charge < -0.3 is 5.11 Å². The average molecular weight is 310 g/mol. The molecular weight excluding hydrogens is 300 g/mol. The Labute approximate surface area is 121 Å². The molecule has 3 rings (SSSR count). The van der Waals surface area contributed by atoms with Crippen molar-refractivity contribution in [2.75, 3.05) is 0 Å². The molecular formula is C10H10N6O2S2. The Balaban J connectivity index is 0.000000151. The van der Waals surface area contributed by atoms with Crippen LogP contribution >= 0.6 is 22.7 Å². The molecule has 0 aliphatic rings. The highest BCUT2D eigenvalue weighted by atomic mass is 32.1. The zero-order valence-corrected chi connectivity index (χ0v) is 12.0. The summed E-state index contributed by atoms with van der Waals surface area (Å²) in [4.78, 5) is 11.3. The Morgan fingerprint density at radius 2 is 2.25 bits per heavy atom. The molecule has 3 heterocycles. The number of carboxylic acid groups (broad SMARTS) is 1. The van der Waals surface area contributed by atoms with Gasteiger partial charge >= 0.3 is 5.97 Å². The summed E-state index contributed by atoms with van der Waals surface area (Å²) in [7, 11) is 0. The van der Waals surface area contributed by atoms with E-state index in [1.807, 2.05) is 0 Å². The molecule has 3 aromatic rings. The Hall–Kier alpha value is -2.20. The van der Waals surface area contributed by atoms with Gasteiger partial charge in [0.2, 0.25) is 0 Å². The Bertz CT molecular complexity index is 649. The maximum absolute atomic E-state index is 9.95. The van der Waals surface area contributed by atoms with Gasteiger partial charge in [-0.3, -0.25) is 4.79 Å². The van der Waals surface area contributed by atoms with E-state index in [4.69, 9.17) is 5.11 Å². The molecule has 0 radical (unpaired) electrons. The lowest BCUT2D eigenvalue weighted by Gasteiger charge is -1.89. The molecule has 0 saturated carbocycles. The number of thiophene rings is 1. The van der Waals surface area contributed by atoms with Gasteiger partial charge in [0.05, 0.1) is 0 Å². The molecule has 0 atom stereocenters. The fourth-order valence-corrected chi connectivity index (χ4v) is 2.69. The minimum absolute atomic E-state index is 0.188. The van der Waals surface area contributed by atoms with E-state index in [2.05, 4.69) is 44.1 Å². The minimum Gasteiger partial charge on any atom is -0.480 e. The molecule has 10 heteroatoms. The highest BCUT2D eigenvalue weighted by molar-refractivity contribution is 7.14. The van der Waals surface area contributed by atoms with Crippen molar-refractivity contribution in [1.82, 2.24) is 30.4 Å². The lowest BCUT2D eigenvalue weighted by molar-refractivity contribution is -0.137. The maximum atomic E-state index is 9.95. The first-order valence-corrected chi connectivity index (χ1v) is 7.16. The van der Waals surface area contributed by atoms with E-state index in [0.717, 1.165) is 9.69 Å². The van der Waals surface area contributed by atoms with Gasteiger partial charge in [0.1, 0.15) is 23.4 Å². The summed E-state index contributed by atoms with van der Waals surface area (Å²) in [6, 6.07) is 2.08. The van der Waals surface area contributed by atoms with Crippen LogP contribution in [0.25, 0.3) is 10.6 Å². The lowest BCUT2D eigenvalue weighted by atomic mass is 10.3. The van der Waals surface area contributed by atoms with Gasteiger partial charge in [0, 0.05) is 10.4 Å². The molecule has 1 N–H and O–H groups in total. The van der Waals surface area contributed by atoms with Crippen LogP contribution in [0.15, 0.2) is 23.3 Å². The quantitative estimate of drug-likeness (QED) is 0.777. The van der Waals surface area contributed by atoms with Gasteiger partial charge in [-0.15, -0.1) is 26.6 Å². The largest absolute Gasteiger partial charge is 0.480 e. The Morgan fingerprint density at radius 1 is 1.40 bits per heavy atom. The van der Waals surface area contributed by atoms with Crippen molar-refractivity contribution in [2.24, 2.45) is 0 Å². The Morgan fingerprint density at radius 3 is 2.75 bits per heavy atom. The molecule has 20 heavy (non-hydrogen) atoms. The molecule has 0 saturated heterocycles. The summed E-state index contributed by atoms with van der Waals surface area (Å²) in [5.41, 5.74) is 2.98. The van der Waals surface area contributed by atoms with Gasteiger partial charge in [0.15, 0.2) is 0 Å². The van der Waals surface area contributed by atoms with Crippen LogP contribution in [0.4, 0.5) is 0 Å². The van der Waals surface area contributed by atoms with Crippen molar-refractivity contribution >= 4 is 28.6 Å². The van der Waals surface area contributed by atoms with E-state index < -0.39 is 5.97 Å². The lowest BCUT2D eigenvalue weighted by Crippen LogP contribution is -2.08. The third-order valence-corrected chi connectivity index (χ3v) is 3.71. The topological polar surface area (TPSA) is 107 Å². The second-order valence-electron chi connectivity index (χ2n) is 3.54. The summed E-state index contributed by atoms with van der Waals surface area (Å²) in [6.07, 6.45) is 1.24. The molecule has 0 aliphatic heterocycles. The van der Waals surface area contributed by atoms with Gasteiger partial charge in [-0.1, -0.05) is 11.3 Å². The van der Waals surface area contributed by atoms with Crippen molar-refractivity contribution in [3.8, 4) is 10.6 Å². The van der Waals surface area contributed by atoms with E-state index in [-0.39, 0.29) is 6.54 Å². The normalized spacial score (nSPS) is 9.85. The van der Waals surface area contributed by atoms with E-state index in [1.165, 1.54) is 16.8 Å². The number of aromatic nitrogens is 6. The van der Waals surface area contributed by atoms with Gasteiger partial charge in [-0.25, -0.2) is 4.68 Å². The van der Waals surface area contributed by atoms with Crippen LogP contribution in [0.2, 0.25) is 0 Å². The standard InChI is InChI=1S/C7H6N2S2.C3H4N4O2/c1-5-6(2-3-10-5)7-9-8-4-11-7;8-3(9)1-7-2-4-5-6-7/h2-4H,1H3;2H,1H2,(H,8,9). The third-order valence-electron chi connectivity index (χ3n) is 2.14. The predicted molar refractivity (Wildman–Crippen MR) is 73.4 cm³/mol. The molecule has 0 spiro atoms. The molecule has 0 unspecified atom stereocenters. The summed E-state index contributed by atoms with van der Waals surface area (Å²) in [5.74, 6) is -0.956. The number of hydrogen-bond donors (Lipinski definition) is 1. The zero-order valence-electron chi connectivity index (χ0n) is 10.4. The number of rotatable bonds is 3. The first kappa shape index (κ1) is 14.2. The highest BCUT2D eigenvalue weighted by Crippen LogP contribution is 2.27. The number of carboxylic acids is 1. The van der Waals surface area contributed by atoms with Crippen molar-refractivity contribution in [3.63, 3.8) is 0 Å². The number of aryl methyl sites for hydroxylation is 1. The monoisotopic (exact) mass is 310 g/mol. The van der Waals surface area contributed by atoms with Crippen molar-refractivity contribution in [1.29, 1.82) is 0 Å². The smallest absolute Gasteiger partial charge is 0.325 e. The number of tetrazole rings is 1. The second-order valence-corrected chi connectivity index (χ2v) is 5.49. The summed E-state index contributed by atoms with van der Waals surface area (Å²) in [5, 5.41) is 28.9. The van der Waals surface area contributed by atoms with Gasteiger partial charge in [-0.2, -0.15) is 0 Å². The molecule has 0 amide bonds. The van der Waals surface area contributed by atoms with E-state index in [0.29, 0.717) is 0 Å². The fourth-order valence-electron chi connectivity index (χ4n) is 1.29. The van der Waals surface area contributed by atoms with Crippen molar-refractivity contribution in [2.45, 2.75) is 13.5 Å². The van der Waals surface area contributed by atoms with E-state index in [1.54, 1.807) is 28.2 Å². The molecule has 0 aliphatic carbocycles. The minimum atomic E-state index is -0.956. The Kier molecular flexibility index (Phi) is 4.85. The number of nitrogens with zero attached hydrogens (tertiary/aromatic N) is 6. The van der Waals surface area contributed by atoms with Crippen LogP contribution in [0, 0.1) is 6.92 Å². The van der Waals surface area contributed by atoms with Gasteiger partial charge in [-0.05, 0) is 28.8 Å². The van der Waals surface area contributed by atoms with Crippen LogP contribution in [0.3, 0.4) is 0 Å². The second kappa shape index (κ2) is 6.82. The first-order valence-electron chi connectivity index (χ1n) is 5.40. The number of carbonyl (C=O) groups is 1. The van der Waals surface area contributed by atoms with Crippen molar-refractivity contribution in [3.05, 3.63) is 28.2 Å². The molecule has 0 bridgehead atoms. The van der Waals surface area contributed by atoms with E-state index >= 15 is 0 Å². The van der Waals surface area contributed by atoms with Crippen LogP contribution in [-0.2, 0) is 11.3 Å². The summed E-state index contributed by atoms with van der Waals surface area (Å²) >= 11 is 3.32. The summed E-state index contributed by atoms with van der Waals surface area (Å²) < 4.78 is 1.13.